The predicted octanol–water partition coefficient (Wildman–Crippen LogP) is 6.96. The zero-order chi connectivity index (χ0) is 18.7. The minimum Gasteiger partial charge on any atom is -0.513 e. The van der Waals surface area contributed by atoms with E-state index in [1.807, 2.05) is 6.92 Å². The number of aliphatic hydroxyl groups is 1. The lowest BCUT2D eigenvalue weighted by atomic mass is 9.93. The molecule has 2 unspecified atom stereocenters. The molecule has 0 spiro atoms. The molecule has 0 bridgehead atoms. The van der Waals surface area contributed by atoms with E-state index < -0.39 is 0 Å². The van der Waals surface area contributed by atoms with Crippen molar-refractivity contribution in [1.29, 1.82) is 0 Å². The second-order valence-corrected chi connectivity index (χ2v) is 7.32. The Morgan fingerprint density at radius 2 is 1.88 bits per heavy atom. The Bertz CT molecular complexity index is 606. The summed E-state index contributed by atoms with van der Waals surface area (Å²) < 4.78 is 0. The molecule has 0 radical (unpaired) electrons. The first-order valence-electron chi connectivity index (χ1n) is 9.43. The van der Waals surface area contributed by atoms with E-state index in [0.717, 1.165) is 17.9 Å². The third-order valence-corrected chi connectivity index (χ3v) is 4.51. The minimum atomic E-state index is 0.0339. The topological polar surface area (TPSA) is 20.2 Å². The van der Waals surface area contributed by atoms with E-state index in [1.165, 1.54) is 36.8 Å². The van der Waals surface area contributed by atoms with Crippen molar-refractivity contribution in [3.8, 4) is 11.8 Å². The monoisotopic (exact) mass is 338 g/mol. The zero-order valence-corrected chi connectivity index (χ0v) is 16.4. The van der Waals surface area contributed by atoms with E-state index in [9.17, 15) is 5.11 Å². The average molecular weight is 339 g/mol. The first kappa shape index (κ1) is 21.1. The fourth-order valence-electron chi connectivity index (χ4n) is 3.03. The quantitative estimate of drug-likeness (QED) is 0.278. The highest BCUT2D eigenvalue weighted by Gasteiger charge is 2.10. The highest BCUT2D eigenvalue weighted by atomic mass is 16.3. The molecule has 1 N–H and O–H groups in total. The Morgan fingerprint density at radius 3 is 2.44 bits per heavy atom. The lowest BCUT2D eigenvalue weighted by Gasteiger charge is -2.12. The van der Waals surface area contributed by atoms with Crippen LogP contribution < -0.4 is 0 Å². The largest absolute Gasteiger partial charge is 0.513 e. The summed E-state index contributed by atoms with van der Waals surface area (Å²) in [7, 11) is 0. The van der Waals surface area contributed by atoms with Gasteiger partial charge in [-0.1, -0.05) is 61.8 Å². The molecular formula is C24H34O. The fraction of sp³-hybridized carbons (Fsp3) is 0.500. The fourth-order valence-corrected chi connectivity index (χ4v) is 3.03. The van der Waals surface area contributed by atoms with Gasteiger partial charge in [0.1, 0.15) is 0 Å². The van der Waals surface area contributed by atoms with Gasteiger partial charge in [-0.25, -0.2) is 0 Å². The van der Waals surface area contributed by atoms with Crippen LogP contribution in [-0.2, 0) is 6.42 Å². The Labute approximate surface area is 154 Å². The van der Waals surface area contributed by atoms with Crippen LogP contribution in [0.1, 0.15) is 76.8 Å². The van der Waals surface area contributed by atoms with Crippen molar-refractivity contribution in [3.63, 3.8) is 0 Å². The standard InChI is InChI=1S/C24H34O/c1-6-9-24(18-21(5)25)23-16-14-22(15-17-23)13-8-12-20(4)11-7-10-19(2)3/h10,14-17,20,24-25H,5,7-8,11-13,18H2,1-4H3. The van der Waals surface area contributed by atoms with Gasteiger partial charge in [0.05, 0.1) is 11.7 Å². The summed E-state index contributed by atoms with van der Waals surface area (Å²) in [6.07, 6.45) is 8.98. The smallest absolute Gasteiger partial charge is 0.0866 e. The number of rotatable bonds is 10. The maximum atomic E-state index is 9.46. The first-order valence-corrected chi connectivity index (χ1v) is 9.43. The molecular weight excluding hydrogens is 304 g/mol. The van der Waals surface area contributed by atoms with Gasteiger partial charge in [0, 0.05) is 6.42 Å². The number of hydrogen-bond acceptors (Lipinski definition) is 1. The van der Waals surface area contributed by atoms with Crippen LogP contribution in [0.2, 0.25) is 0 Å². The van der Waals surface area contributed by atoms with Crippen molar-refractivity contribution < 1.29 is 5.11 Å². The molecule has 0 aromatic heterocycles. The van der Waals surface area contributed by atoms with Crippen molar-refractivity contribution >= 4 is 0 Å². The summed E-state index contributed by atoms with van der Waals surface area (Å²) in [5.41, 5.74) is 3.96. The van der Waals surface area contributed by atoms with Gasteiger partial charge < -0.3 is 5.11 Å². The van der Waals surface area contributed by atoms with Crippen LogP contribution in [0.3, 0.4) is 0 Å². The summed E-state index contributed by atoms with van der Waals surface area (Å²) >= 11 is 0. The molecule has 0 saturated heterocycles. The van der Waals surface area contributed by atoms with Gasteiger partial charge in [0.15, 0.2) is 0 Å². The predicted molar refractivity (Wildman–Crippen MR) is 110 cm³/mol. The molecule has 1 aromatic carbocycles. The van der Waals surface area contributed by atoms with E-state index in [2.05, 4.69) is 69.5 Å². The van der Waals surface area contributed by atoms with Gasteiger partial charge in [0.2, 0.25) is 0 Å². The summed E-state index contributed by atoms with van der Waals surface area (Å²) in [6, 6.07) is 8.69. The van der Waals surface area contributed by atoms with Crippen LogP contribution in [-0.4, -0.2) is 5.11 Å². The first-order chi connectivity index (χ1) is 11.9. The molecule has 0 aliphatic rings. The number of aryl methyl sites for hydroxylation is 1. The highest BCUT2D eigenvalue weighted by molar-refractivity contribution is 5.31. The van der Waals surface area contributed by atoms with Crippen molar-refractivity contribution in [2.24, 2.45) is 5.92 Å². The van der Waals surface area contributed by atoms with Crippen LogP contribution in [0, 0.1) is 17.8 Å². The molecule has 1 nitrogen and oxygen atoms in total. The van der Waals surface area contributed by atoms with Gasteiger partial charge in [-0.05, 0) is 63.5 Å². The number of aliphatic hydroxyl groups excluding tert-OH is 1. The summed E-state index contributed by atoms with van der Waals surface area (Å²) in [5, 5.41) is 9.46. The maximum Gasteiger partial charge on any atom is 0.0866 e. The summed E-state index contributed by atoms with van der Waals surface area (Å²) in [4.78, 5) is 0. The van der Waals surface area contributed by atoms with Crippen LogP contribution in [0.15, 0.2) is 48.3 Å². The van der Waals surface area contributed by atoms with E-state index in [-0.39, 0.29) is 11.7 Å². The minimum absolute atomic E-state index is 0.0339. The van der Waals surface area contributed by atoms with Crippen LogP contribution in [0.4, 0.5) is 0 Å². The average Bonchev–Trinajstić information content (AvgIpc) is 2.54. The second kappa shape index (κ2) is 11.6. The molecule has 0 heterocycles. The molecule has 1 aromatic rings. The van der Waals surface area contributed by atoms with E-state index >= 15 is 0 Å². The second-order valence-electron chi connectivity index (χ2n) is 7.32. The van der Waals surface area contributed by atoms with Crippen LogP contribution in [0.25, 0.3) is 0 Å². The Balaban J connectivity index is 2.46. The molecule has 0 saturated carbocycles. The van der Waals surface area contributed by atoms with Gasteiger partial charge in [-0.3, -0.25) is 0 Å². The highest BCUT2D eigenvalue weighted by Crippen LogP contribution is 2.23. The van der Waals surface area contributed by atoms with Gasteiger partial charge in [0.25, 0.3) is 0 Å². The molecule has 1 rings (SSSR count). The Kier molecular flexibility index (Phi) is 9.78. The Morgan fingerprint density at radius 1 is 1.20 bits per heavy atom. The lowest BCUT2D eigenvalue weighted by molar-refractivity contribution is 0.386. The van der Waals surface area contributed by atoms with Gasteiger partial charge in [-0.15, -0.1) is 5.92 Å². The molecule has 2 atom stereocenters. The molecule has 1 heteroatoms. The lowest BCUT2D eigenvalue weighted by Crippen LogP contribution is -1.99. The molecule has 0 aliphatic heterocycles. The molecule has 0 fully saturated rings. The van der Waals surface area contributed by atoms with E-state index in [0.29, 0.717) is 6.42 Å². The third kappa shape index (κ3) is 9.20. The summed E-state index contributed by atoms with van der Waals surface area (Å²) in [5.74, 6) is 7.12. The van der Waals surface area contributed by atoms with Crippen LogP contribution in [0.5, 0.6) is 0 Å². The van der Waals surface area contributed by atoms with E-state index in [4.69, 9.17) is 0 Å². The van der Waals surface area contributed by atoms with E-state index in [1.54, 1.807) is 0 Å². The molecule has 25 heavy (non-hydrogen) atoms. The zero-order valence-electron chi connectivity index (χ0n) is 16.4. The summed E-state index contributed by atoms with van der Waals surface area (Å²) in [6.45, 7) is 12.1. The van der Waals surface area contributed by atoms with Crippen molar-refractivity contribution in [1.82, 2.24) is 0 Å². The molecule has 0 aliphatic carbocycles. The van der Waals surface area contributed by atoms with Crippen molar-refractivity contribution in [2.45, 2.75) is 72.1 Å². The van der Waals surface area contributed by atoms with Crippen LogP contribution >= 0.6 is 0 Å². The molecule has 0 amide bonds. The number of allylic oxidation sites excluding steroid dienone is 3. The van der Waals surface area contributed by atoms with Gasteiger partial charge >= 0.3 is 0 Å². The SMILES string of the molecule is C=C(O)CC(C#CC)c1ccc(CCCC(C)CCC=C(C)C)cc1. The molecule has 136 valence electrons. The number of benzene rings is 1. The van der Waals surface area contributed by atoms with Crippen molar-refractivity contribution in [3.05, 3.63) is 59.4 Å². The van der Waals surface area contributed by atoms with Gasteiger partial charge in [-0.2, -0.15) is 0 Å². The van der Waals surface area contributed by atoms with Crippen molar-refractivity contribution in [2.75, 3.05) is 0 Å². The third-order valence-electron chi connectivity index (χ3n) is 4.51. The normalized spacial score (nSPS) is 12.6. The number of hydrogen-bond donors (Lipinski definition) is 1. The maximum absolute atomic E-state index is 9.46. The Hall–Kier alpha value is -1.94.